The zero-order valence-corrected chi connectivity index (χ0v) is 17.9. The predicted octanol–water partition coefficient (Wildman–Crippen LogP) is 7.03. The molecule has 0 spiro atoms. The van der Waals surface area contributed by atoms with Crippen molar-refractivity contribution >= 4 is 0 Å². The summed E-state index contributed by atoms with van der Waals surface area (Å²) in [4.78, 5) is 8.95. The fourth-order valence-electron chi connectivity index (χ4n) is 3.40. The first-order valence-electron chi connectivity index (χ1n) is 10.1. The monoisotopic (exact) mass is 334 g/mol. The third-order valence-electron chi connectivity index (χ3n) is 5.30. The first-order valence-corrected chi connectivity index (χ1v) is 10.1. The number of rotatable bonds is 9. The van der Waals surface area contributed by atoms with Crippen molar-refractivity contribution in [3.63, 3.8) is 0 Å². The lowest BCUT2D eigenvalue weighted by molar-refractivity contribution is 0.418. The van der Waals surface area contributed by atoms with Crippen molar-refractivity contribution in [1.29, 1.82) is 0 Å². The van der Waals surface area contributed by atoms with Gasteiger partial charge in [-0.05, 0) is 12.8 Å². The Morgan fingerprint density at radius 3 is 1.79 bits per heavy atom. The Balaban J connectivity index is 3.23. The molecule has 24 heavy (non-hydrogen) atoms. The van der Waals surface area contributed by atoms with Crippen LogP contribution in [0.25, 0.3) is 0 Å². The quantitative estimate of drug-likeness (QED) is 0.482. The van der Waals surface area contributed by atoms with Gasteiger partial charge >= 0.3 is 0 Å². The SMILES string of the molecule is CCCCCC(C)(C)c1nc(C(C)(C)CCCC)[nH]c1C(C)(C)C. The summed E-state index contributed by atoms with van der Waals surface area (Å²) in [5, 5.41) is 0. The van der Waals surface area contributed by atoms with Crippen LogP contribution < -0.4 is 0 Å². The summed E-state index contributed by atoms with van der Waals surface area (Å²) in [6, 6.07) is 0. The van der Waals surface area contributed by atoms with E-state index in [1.165, 1.54) is 62.2 Å². The predicted molar refractivity (Wildman–Crippen MR) is 107 cm³/mol. The Morgan fingerprint density at radius 2 is 1.29 bits per heavy atom. The molecule has 0 aliphatic carbocycles. The second-order valence-corrected chi connectivity index (χ2v) is 9.89. The van der Waals surface area contributed by atoms with E-state index in [0.717, 1.165) is 0 Å². The molecular weight excluding hydrogens is 292 g/mol. The first kappa shape index (κ1) is 21.3. The molecule has 1 N–H and O–H groups in total. The average Bonchev–Trinajstić information content (AvgIpc) is 2.92. The van der Waals surface area contributed by atoms with Crippen LogP contribution in [0.2, 0.25) is 0 Å². The Morgan fingerprint density at radius 1 is 0.750 bits per heavy atom. The molecule has 1 heterocycles. The highest BCUT2D eigenvalue weighted by Gasteiger charge is 2.35. The first-order chi connectivity index (χ1) is 11.0. The maximum Gasteiger partial charge on any atom is 0.112 e. The van der Waals surface area contributed by atoms with Crippen LogP contribution in [0.3, 0.4) is 0 Å². The molecule has 0 atom stereocenters. The summed E-state index contributed by atoms with van der Waals surface area (Å²) in [6.45, 7) is 20.9. The minimum absolute atomic E-state index is 0.101. The molecule has 2 nitrogen and oxygen atoms in total. The highest BCUT2D eigenvalue weighted by atomic mass is 15.0. The van der Waals surface area contributed by atoms with Gasteiger partial charge in [0, 0.05) is 21.9 Å². The number of hydrogen-bond donors (Lipinski definition) is 1. The van der Waals surface area contributed by atoms with Crippen LogP contribution in [0, 0.1) is 0 Å². The van der Waals surface area contributed by atoms with Crippen molar-refractivity contribution in [2.75, 3.05) is 0 Å². The van der Waals surface area contributed by atoms with E-state index in [0.29, 0.717) is 0 Å². The Labute approximate surface area is 151 Å². The molecule has 1 aromatic heterocycles. The molecule has 1 aromatic rings. The van der Waals surface area contributed by atoms with Gasteiger partial charge in [-0.1, -0.05) is 94.4 Å². The maximum atomic E-state index is 5.20. The number of aromatic amines is 1. The molecule has 0 saturated carbocycles. The third kappa shape index (κ3) is 5.36. The molecule has 0 radical (unpaired) electrons. The second kappa shape index (κ2) is 8.06. The Hall–Kier alpha value is -0.790. The van der Waals surface area contributed by atoms with E-state index < -0.39 is 0 Å². The summed E-state index contributed by atoms with van der Waals surface area (Å²) in [5.74, 6) is 1.18. The molecule has 0 aliphatic rings. The van der Waals surface area contributed by atoms with Crippen LogP contribution in [-0.2, 0) is 16.2 Å². The highest BCUT2D eigenvalue weighted by Crippen LogP contribution is 2.38. The van der Waals surface area contributed by atoms with Crippen molar-refractivity contribution in [2.24, 2.45) is 0 Å². The van der Waals surface area contributed by atoms with Crippen molar-refractivity contribution in [3.05, 3.63) is 17.2 Å². The van der Waals surface area contributed by atoms with E-state index in [4.69, 9.17) is 4.98 Å². The number of aromatic nitrogens is 2. The van der Waals surface area contributed by atoms with Crippen LogP contribution in [0.1, 0.15) is 124 Å². The normalized spacial score (nSPS) is 13.5. The summed E-state index contributed by atoms with van der Waals surface area (Å²) in [6.07, 6.45) is 8.78. The molecule has 0 aromatic carbocycles. The minimum Gasteiger partial charge on any atom is -0.345 e. The number of unbranched alkanes of at least 4 members (excludes halogenated alkanes) is 3. The largest absolute Gasteiger partial charge is 0.345 e. The summed E-state index contributed by atoms with van der Waals surface area (Å²) < 4.78 is 0. The number of H-pyrrole nitrogens is 1. The van der Waals surface area contributed by atoms with E-state index in [-0.39, 0.29) is 16.2 Å². The lowest BCUT2D eigenvalue weighted by atomic mass is 9.78. The summed E-state index contributed by atoms with van der Waals surface area (Å²) >= 11 is 0. The number of imidazole rings is 1. The van der Waals surface area contributed by atoms with Gasteiger partial charge in [0.15, 0.2) is 0 Å². The zero-order chi connectivity index (χ0) is 18.6. The van der Waals surface area contributed by atoms with Gasteiger partial charge in [-0.15, -0.1) is 0 Å². The standard InChI is InChI=1S/C22H42N2/c1-10-12-14-16-21(6,7)18-17(20(3,4)5)23-19(24-18)22(8,9)15-13-11-2/h10-16H2,1-9H3,(H,23,24). The van der Waals surface area contributed by atoms with Crippen molar-refractivity contribution < 1.29 is 0 Å². The van der Waals surface area contributed by atoms with E-state index in [1.54, 1.807) is 0 Å². The second-order valence-electron chi connectivity index (χ2n) is 9.89. The van der Waals surface area contributed by atoms with E-state index >= 15 is 0 Å². The molecule has 140 valence electrons. The lowest BCUT2D eigenvalue weighted by Gasteiger charge is -2.28. The molecule has 1 rings (SSSR count). The minimum atomic E-state index is 0.101. The molecule has 0 unspecified atom stereocenters. The number of nitrogens with zero attached hydrogens (tertiary/aromatic N) is 1. The van der Waals surface area contributed by atoms with Crippen LogP contribution in [0.5, 0.6) is 0 Å². The van der Waals surface area contributed by atoms with Crippen molar-refractivity contribution in [2.45, 2.75) is 124 Å². The van der Waals surface area contributed by atoms with Crippen molar-refractivity contribution in [3.8, 4) is 0 Å². The van der Waals surface area contributed by atoms with Gasteiger partial charge in [-0.25, -0.2) is 4.98 Å². The number of nitrogens with one attached hydrogen (secondary N) is 1. The fourth-order valence-corrected chi connectivity index (χ4v) is 3.40. The van der Waals surface area contributed by atoms with Gasteiger partial charge in [0.25, 0.3) is 0 Å². The van der Waals surface area contributed by atoms with Gasteiger partial charge in [0.2, 0.25) is 0 Å². The van der Waals surface area contributed by atoms with Gasteiger partial charge in [0.05, 0.1) is 5.69 Å². The molecule has 0 saturated heterocycles. The van der Waals surface area contributed by atoms with Gasteiger partial charge in [-0.2, -0.15) is 0 Å². The van der Waals surface area contributed by atoms with Crippen LogP contribution in [0.4, 0.5) is 0 Å². The molecule has 0 amide bonds. The lowest BCUT2D eigenvalue weighted by Crippen LogP contribution is -2.24. The Kier molecular flexibility index (Phi) is 7.14. The van der Waals surface area contributed by atoms with Gasteiger partial charge in [-0.3, -0.25) is 0 Å². The van der Waals surface area contributed by atoms with Gasteiger partial charge in [0.1, 0.15) is 5.82 Å². The average molecular weight is 335 g/mol. The molecular formula is C22H42N2. The smallest absolute Gasteiger partial charge is 0.112 e. The Bertz CT molecular complexity index is 501. The molecule has 0 aliphatic heterocycles. The number of hydrogen-bond acceptors (Lipinski definition) is 1. The highest BCUT2D eigenvalue weighted by molar-refractivity contribution is 5.30. The fraction of sp³-hybridized carbons (Fsp3) is 0.864. The molecule has 0 bridgehead atoms. The van der Waals surface area contributed by atoms with Crippen LogP contribution in [0.15, 0.2) is 0 Å². The topological polar surface area (TPSA) is 28.7 Å². The zero-order valence-electron chi connectivity index (χ0n) is 17.9. The van der Waals surface area contributed by atoms with Crippen molar-refractivity contribution in [1.82, 2.24) is 9.97 Å². The van der Waals surface area contributed by atoms with Crippen LogP contribution >= 0.6 is 0 Å². The molecule has 2 heteroatoms. The molecule has 0 fully saturated rings. The maximum absolute atomic E-state index is 5.20. The third-order valence-corrected chi connectivity index (χ3v) is 5.30. The van der Waals surface area contributed by atoms with Crippen LogP contribution in [-0.4, -0.2) is 9.97 Å². The summed E-state index contributed by atoms with van der Waals surface area (Å²) in [5.41, 5.74) is 2.99. The van der Waals surface area contributed by atoms with Gasteiger partial charge < -0.3 is 4.98 Å². The van der Waals surface area contributed by atoms with E-state index in [1.807, 2.05) is 0 Å². The van der Waals surface area contributed by atoms with E-state index in [2.05, 4.69) is 67.3 Å². The summed E-state index contributed by atoms with van der Waals surface area (Å²) in [7, 11) is 0. The van der Waals surface area contributed by atoms with E-state index in [9.17, 15) is 0 Å².